The summed E-state index contributed by atoms with van der Waals surface area (Å²) in [5.41, 5.74) is 5.30. The molecule has 0 saturated heterocycles. The van der Waals surface area contributed by atoms with Gasteiger partial charge in [-0.1, -0.05) is 48.8 Å². The highest BCUT2D eigenvalue weighted by Gasteiger charge is 2.38. The molecule has 1 atom stereocenters. The fourth-order valence-electron chi connectivity index (χ4n) is 3.76. The van der Waals surface area contributed by atoms with Crippen molar-refractivity contribution in [1.29, 1.82) is 0 Å². The quantitative estimate of drug-likeness (QED) is 0.385. The van der Waals surface area contributed by atoms with E-state index in [2.05, 4.69) is 39.0 Å². The van der Waals surface area contributed by atoms with E-state index in [-0.39, 0.29) is 17.6 Å². The number of ether oxygens (including phenoxy) is 1. The number of allylic oxidation sites excluding steroid dienone is 5. The van der Waals surface area contributed by atoms with E-state index in [1.807, 2.05) is 27.7 Å². The van der Waals surface area contributed by atoms with E-state index in [0.717, 1.165) is 30.4 Å². The van der Waals surface area contributed by atoms with Crippen molar-refractivity contribution in [1.82, 2.24) is 0 Å². The summed E-state index contributed by atoms with van der Waals surface area (Å²) in [5, 5.41) is 10.8. The maximum absolute atomic E-state index is 13.2. The molecule has 1 aromatic carbocycles. The van der Waals surface area contributed by atoms with E-state index in [1.165, 1.54) is 16.7 Å². The van der Waals surface area contributed by atoms with Crippen molar-refractivity contribution >= 4 is 5.97 Å². The Hall–Kier alpha value is -2.29. The number of rotatable bonds is 7. The van der Waals surface area contributed by atoms with E-state index in [1.54, 1.807) is 12.1 Å². The molecule has 3 heteroatoms. The largest absolute Gasteiger partial charge is 0.507 e. The van der Waals surface area contributed by atoms with Crippen LogP contribution >= 0.6 is 0 Å². The van der Waals surface area contributed by atoms with Crippen molar-refractivity contribution < 1.29 is 14.6 Å². The standard InChI is InChI=1S/C27H38O3/c1-18(2)8-10-22-16-24(17-23(25(22)28)11-9-19(3)4)26(29)30-27(20(5)6)14-12-21(7)13-15-27/h8-9,12,16-17,20,28H,10-11,13-15H2,1-7H3/t27-/m0/s1. The van der Waals surface area contributed by atoms with Crippen LogP contribution in [0.3, 0.4) is 0 Å². The van der Waals surface area contributed by atoms with Crippen molar-refractivity contribution in [3.05, 3.63) is 63.8 Å². The van der Waals surface area contributed by atoms with E-state index >= 15 is 0 Å². The van der Waals surface area contributed by atoms with Crippen LogP contribution in [0.2, 0.25) is 0 Å². The van der Waals surface area contributed by atoms with E-state index in [4.69, 9.17) is 4.74 Å². The highest BCUT2D eigenvalue weighted by molar-refractivity contribution is 5.90. The average Bonchev–Trinajstić information content (AvgIpc) is 2.67. The summed E-state index contributed by atoms with van der Waals surface area (Å²) in [4.78, 5) is 13.2. The minimum Gasteiger partial charge on any atom is -0.507 e. The SMILES string of the molecule is CC(C)=CCc1cc(C(=O)O[C@@]2(C(C)C)CC=C(C)CC2)cc(CC=C(C)C)c1O. The van der Waals surface area contributed by atoms with Crippen molar-refractivity contribution in [3.63, 3.8) is 0 Å². The van der Waals surface area contributed by atoms with Crippen LogP contribution in [0.5, 0.6) is 5.75 Å². The van der Waals surface area contributed by atoms with Gasteiger partial charge in [0.05, 0.1) is 5.56 Å². The zero-order chi connectivity index (χ0) is 22.5. The molecule has 1 N–H and O–H groups in total. The molecule has 0 bridgehead atoms. The second-order valence-electron chi connectivity index (χ2n) is 9.48. The zero-order valence-electron chi connectivity index (χ0n) is 19.8. The Bertz CT molecular complexity index is 821. The summed E-state index contributed by atoms with van der Waals surface area (Å²) < 4.78 is 6.18. The second-order valence-corrected chi connectivity index (χ2v) is 9.48. The van der Waals surface area contributed by atoms with E-state index in [0.29, 0.717) is 18.4 Å². The maximum Gasteiger partial charge on any atom is 0.338 e. The molecule has 0 unspecified atom stereocenters. The molecule has 30 heavy (non-hydrogen) atoms. The van der Waals surface area contributed by atoms with Gasteiger partial charge >= 0.3 is 5.97 Å². The van der Waals surface area contributed by atoms with Gasteiger partial charge in [0, 0.05) is 6.42 Å². The van der Waals surface area contributed by atoms with Gasteiger partial charge in [-0.15, -0.1) is 0 Å². The normalized spacial score (nSPS) is 18.6. The van der Waals surface area contributed by atoms with Gasteiger partial charge in [-0.05, 0) is 89.5 Å². The Labute approximate surface area is 182 Å². The molecule has 0 aliphatic heterocycles. The van der Waals surface area contributed by atoms with Crippen molar-refractivity contribution in [2.45, 2.75) is 86.2 Å². The molecular formula is C27H38O3. The molecule has 3 nitrogen and oxygen atoms in total. The molecule has 0 spiro atoms. The lowest BCUT2D eigenvalue weighted by Crippen LogP contribution is -2.41. The van der Waals surface area contributed by atoms with Crippen LogP contribution in [0.4, 0.5) is 0 Å². The van der Waals surface area contributed by atoms with Gasteiger partial charge in [-0.25, -0.2) is 4.79 Å². The number of carbonyl (C=O) groups excluding carboxylic acids is 1. The maximum atomic E-state index is 13.2. The van der Waals surface area contributed by atoms with Crippen molar-refractivity contribution in [2.24, 2.45) is 5.92 Å². The fourth-order valence-corrected chi connectivity index (χ4v) is 3.76. The van der Waals surface area contributed by atoms with Gasteiger partial charge in [0.25, 0.3) is 0 Å². The lowest BCUT2D eigenvalue weighted by Gasteiger charge is -2.39. The van der Waals surface area contributed by atoms with Gasteiger partial charge in [-0.3, -0.25) is 0 Å². The molecule has 1 aromatic rings. The van der Waals surface area contributed by atoms with Crippen molar-refractivity contribution in [2.75, 3.05) is 0 Å². The predicted molar refractivity (Wildman–Crippen MR) is 125 cm³/mol. The highest BCUT2D eigenvalue weighted by Crippen LogP contribution is 2.38. The first-order chi connectivity index (χ1) is 14.0. The summed E-state index contributed by atoms with van der Waals surface area (Å²) in [6, 6.07) is 3.59. The van der Waals surface area contributed by atoms with Gasteiger partial charge < -0.3 is 9.84 Å². The highest BCUT2D eigenvalue weighted by atomic mass is 16.6. The third-order valence-corrected chi connectivity index (χ3v) is 6.05. The van der Waals surface area contributed by atoms with Crippen LogP contribution in [0, 0.1) is 5.92 Å². The fraction of sp³-hybridized carbons (Fsp3) is 0.519. The number of hydrogen-bond acceptors (Lipinski definition) is 3. The minimum absolute atomic E-state index is 0.234. The summed E-state index contributed by atoms with van der Waals surface area (Å²) in [7, 11) is 0. The summed E-state index contributed by atoms with van der Waals surface area (Å²) in [6.45, 7) is 14.5. The Morgan fingerprint density at radius 3 is 2.03 bits per heavy atom. The molecule has 0 saturated carbocycles. The second kappa shape index (κ2) is 10.1. The predicted octanol–water partition coefficient (Wildman–Crippen LogP) is 7.09. The van der Waals surface area contributed by atoms with Crippen LogP contribution in [0.25, 0.3) is 0 Å². The monoisotopic (exact) mass is 410 g/mol. The topological polar surface area (TPSA) is 46.5 Å². The smallest absolute Gasteiger partial charge is 0.338 e. The molecule has 0 aromatic heterocycles. The zero-order valence-corrected chi connectivity index (χ0v) is 19.8. The first-order valence-corrected chi connectivity index (χ1v) is 11.0. The van der Waals surface area contributed by atoms with Crippen LogP contribution in [0.15, 0.2) is 47.1 Å². The first kappa shape index (κ1) is 24.0. The van der Waals surface area contributed by atoms with Crippen molar-refractivity contribution in [3.8, 4) is 5.75 Å². The number of aromatic hydroxyl groups is 1. The summed E-state index contributed by atoms with van der Waals surface area (Å²) in [5.74, 6) is 0.211. The molecule has 0 fully saturated rings. The lowest BCUT2D eigenvalue weighted by atomic mass is 9.78. The number of phenols is 1. The molecule has 1 aliphatic rings. The molecule has 0 amide bonds. The molecule has 0 radical (unpaired) electrons. The lowest BCUT2D eigenvalue weighted by molar-refractivity contribution is -0.0496. The number of esters is 1. The molecule has 0 heterocycles. The number of carbonyl (C=O) groups is 1. The Balaban J connectivity index is 2.41. The average molecular weight is 411 g/mol. The number of phenolic OH excluding ortho intramolecular Hbond substituents is 1. The van der Waals surface area contributed by atoms with E-state index < -0.39 is 5.60 Å². The molecule has 2 rings (SSSR count). The first-order valence-electron chi connectivity index (χ1n) is 11.0. The minimum atomic E-state index is -0.464. The molecular weight excluding hydrogens is 372 g/mol. The molecule has 1 aliphatic carbocycles. The van der Waals surface area contributed by atoms with Gasteiger partial charge in [0.1, 0.15) is 11.4 Å². The third-order valence-electron chi connectivity index (χ3n) is 6.05. The summed E-state index contributed by atoms with van der Waals surface area (Å²) >= 11 is 0. The van der Waals surface area contributed by atoms with Gasteiger partial charge in [0.15, 0.2) is 0 Å². The van der Waals surface area contributed by atoms with Crippen LogP contribution in [-0.2, 0) is 17.6 Å². The number of hydrogen-bond donors (Lipinski definition) is 1. The summed E-state index contributed by atoms with van der Waals surface area (Å²) in [6.07, 6.45) is 10.1. The van der Waals surface area contributed by atoms with Crippen LogP contribution in [0.1, 0.15) is 89.2 Å². The Morgan fingerprint density at radius 1 is 1.10 bits per heavy atom. The van der Waals surface area contributed by atoms with Gasteiger partial charge in [0.2, 0.25) is 0 Å². The molecule has 164 valence electrons. The Kier molecular flexibility index (Phi) is 8.11. The third kappa shape index (κ3) is 6.10. The van der Waals surface area contributed by atoms with Crippen LogP contribution < -0.4 is 0 Å². The van der Waals surface area contributed by atoms with Gasteiger partial charge in [-0.2, -0.15) is 0 Å². The Morgan fingerprint density at radius 2 is 1.63 bits per heavy atom. The van der Waals surface area contributed by atoms with Crippen LogP contribution in [-0.4, -0.2) is 16.7 Å². The van der Waals surface area contributed by atoms with E-state index in [9.17, 15) is 9.90 Å². The number of benzene rings is 1.